The van der Waals surface area contributed by atoms with Gasteiger partial charge in [0, 0.05) is 37.0 Å². The van der Waals surface area contributed by atoms with E-state index in [4.69, 9.17) is 10.5 Å². The molecular weight excluding hydrogens is 243 g/mol. The Morgan fingerprint density at radius 2 is 2.21 bits per heavy atom. The summed E-state index contributed by atoms with van der Waals surface area (Å²) in [7, 11) is 2.14. The topological polar surface area (TPSA) is 38.5 Å². The molecule has 0 aromatic heterocycles. The van der Waals surface area contributed by atoms with Crippen LogP contribution in [-0.2, 0) is 0 Å². The smallest absolute Gasteiger partial charge is 0.125 e. The number of rotatable bonds is 0. The van der Waals surface area contributed by atoms with Gasteiger partial charge in [-0.1, -0.05) is 0 Å². The summed E-state index contributed by atoms with van der Waals surface area (Å²) in [5, 5.41) is 0. The van der Waals surface area contributed by atoms with Gasteiger partial charge in [0.15, 0.2) is 0 Å². The molecule has 104 valence electrons. The number of likely N-dealkylation sites (tertiary alicyclic amines) is 1. The van der Waals surface area contributed by atoms with Gasteiger partial charge in [-0.15, -0.1) is 0 Å². The van der Waals surface area contributed by atoms with Crippen LogP contribution in [0.25, 0.3) is 0 Å². The fourth-order valence-electron chi connectivity index (χ4n) is 3.36. The molecule has 2 unspecified atom stereocenters. The molecule has 0 radical (unpaired) electrons. The highest BCUT2D eigenvalue weighted by molar-refractivity contribution is 5.39. The van der Waals surface area contributed by atoms with E-state index < -0.39 is 0 Å². The van der Waals surface area contributed by atoms with Crippen LogP contribution in [0.15, 0.2) is 18.2 Å². The Labute approximate surface area is 113 Å². The van der Waals surface area contributed by atoms with Gasteiger partial charge < -0.3 is 15.4 Å². The summed E-state index contributed by atoms with van der Waals surface area (Å²) in [5.74, 6) is 0.516. The lowest BCUT2D eigenvalue weighted by Gasteiger charge is -2.48. The number of piperidine rings is 1. The van der Waals surface area contributed by atoms with Crippen LogP contribution in [-0.4, -0.2) is 30.1 Å². The molecule has 1 spiro atoms. The van der Waals surface area contributed by atoms with Gasteiger partial charge in [0.1, 0.15) is 17.2 Å². The first-order valence-electron chi connectivity index (χ1n) is 6.93. The average molecular weight is 264 g/mol. The molecular formula is C15H21FN2O. The molecule has 1 aromatic carbocycles. The highest BCUT2D eigenvalue weighted by Crippen LogP contribution is 2.44. The van der Waals surface area contributed by atoms with Crippen LogP contribution in [0.1, 0.15) is 37.8 Å². The predicted octanol–water partition coefficient (Wildman–Crippen LogP) is 2.46. The number of hydrogen-bond acceptors (Lipinski definition) is 3. The van der Waals surface area contributed by atoms with Gasteiger partial charge in [-0.3, -0.25) is 0 Å². The van der Waals surface area contributed by atoms with Crippen molar-refractivity contribution >= 4 is 0 Å². The van der Waals surface area contributed by atoms with E-state index in [0.717, 1.165) is 37.1 Å². The SMILES string of the molecule is CC1CC2(CCN1C)C[C@@H](N)c1cc(F)ccc1O2. The first-order valence-corrected chi connectivity index (χ1v) is 6.93. The Hall–Kier alpha value is -1.13. The second kappa shape index (κ2) is 4.46. The molecule has 2 heterocycles. The predicted molar refractivity (Wildman–Crippen MR) is 72.6 cm³/mol. The summed E-state index contributed by atoms with van der Waals surface area (Å²) in [5.41, 5.74) is 6.87. The largest absolute Gasteiger partial charge is 0.487 e. The number of ether oxygens (including phenoxy) is 1. The molecule has 2 N–H and O–H groups in total. The van der Waals surface area contributed by atoms with Crippen LogP contribution in [0, 0.1) is 5.82 Å². The molecule has 2 aliphatic rings. The van der Waals surface area contributed by atoms with E-state index in [-0.39, 0.29) is 17.5 Å². The van der Waals surface area contributed by atoms with Gasteiger partial charge in [0.25, 0.3) is 0 Å². The standard InChI is InChI=1S/C15H21FN2O/c1-10-8-15(5-6-18(10)2)9-13(17)12-7-11(16)3-4-14(12)19-15/h3-4,7,10,13H,5-6,8-9,17H2,1-2H3/t10?,13-,15?/m1/s1. The number of benzene rings is 1. The van der Waals surface area contributed by atoms with Gasteiger partial charge >= 0.3 is 0 Å². The molecule has 0 saturated carbocycles. The minimum absolute atomic E-state index is 0.130. The maximum atomic E-state index is 13.3. The lowest BCUT2D eigenvalue weighted by Crippen LogP contribution is -2.53. The highest BCUT2D eigenvalue weighted by atomic mass is 19.1. The third kappa shape index (κ3) is 2.23. The van der Waals surface area contributed by atoms with Crippen LogP contribution >= 0.6 is 0 Å². The molecule has 2 aliphatic heterocycles. The number of nitrogens with two attached hydrogens (primary N) is 1. The zero-order valence-corrected chi connectivity index (χ0v) is 11.5. The molecule has 0 amide bonds. The molecule has 0 bridgehead atoms. The third-order valence-electron chi connectivity index (χ3n) is 4.63. The number of nitrogens with zero attached hydrogens (tertiary/aromatic N) is 1. The summed E-state index contributed by atoms with van der Waals surface area (Å²) in [4.78, 5) is 2.35. The molecule has 19 heavy (non-hydrogen) atoms. The number of hydrogen-bond donors (Lipinski definition) is 1. The molecule has 4 heteroatoms. The van der Waals surface area contributed by atoms with E-state index in [0.29, 0.717) is 6.04 Å². The minimum Gasteiger partial charge on any atom is -0.487 e. The van der Waals surface area contributed by atoms with Crippen LogP contribution in [0.4, 0.5) is 4.39 Å². The normalized spacial score (nSPS) is 34.9. The Morgan fingerprint density at radius 3 is 2.95 bits per heavy atom. The maximum Gasteiger partial charge on any atom is 0.125 e. The lowest BCUT2D eigenvalue weighted by molar-refractivity contribution is -0.0358. The fraction of sp³-hybridized carbons (Fsp3) is 0.600. The summed E-state index contributed by atoms with van der Waals surface area (Å²) in [6.07, 6.45) is 2.74. The van der Waals surface area contributed by atoms with Crippen molar-refractivity contribution in [3.63, 3.8) is 0 Å². The van der Waals surface area contributed by atoms with Gasteiger partial charge in [-0.2, -0.15) is 0 Å². The van der Waals surface area contributed by atoms with Crippen molar-refractivity contribution in [1.82, 2.24) is 4.90 Å². The summed E-state index contributed by atoms with van der Waals surface area (Å²) < 4.78 is 19.5. The molecule has 1 fully saturated rings. The quantitative estimate of drug-likeness (QED) is 0.782. The van der Waals surface area contributed by atoms with Gasteiger partial charge in [0.2, 0.25) is 0 Å². The van der Waals surface area contributed by atoms with E-state index in [1.54, 1.807) is 6.07 Å². The maximum absolute atomic E-state index is 13.3. The van der Waals surface area contributed by atoms with E-state index >= 15 is 0 Å². The van der Waals surface area contributed by atoms with E-state index in [2.05, 4.69) is 18.9 Å². The monoisotopic (exact) mass is 264 g/mol. The van der Waals surface area contributed by atoms with Crippen molar-refractivity contribution < 1.29 is 9.13 Å². The number of fused-ring (bicyclic) bond motifs is 1. The van der Waals surface area contributed by atoms with Crippen LogP contribution < -0.4 is 10.5 Å². The van der Waals surface area contributed by atoms with Crippen molar-refractivity contribution in [2.45, 2.75) is 43.9 Å². The van der Waals surface area contributed by atoms with Crippen LogP contribution in [0.5, 0.6) is 5.75 Å². The Balaban J connectivity index is 1.90. The minimum atomic E-state index is -0.245. The van der Waals surface area contributed by atoms with Crippen molar-refractivity contribution in [2.75, 3.05) is 13.6 Å². The van der Waals surface area contributed by atoms with Gasteiger partial charge in [0.05, 0.1) is 0 Å². The van der Waals surface area contributed by atoms with Crippen molar-refractivity contribution in [1.29, 1.82) is 0 Å². The average Bonchev–Trinajstić information content (AvgIpc) is 2.36. The van der Waals surface area contributed by atoms with Gasteiger partial charge in [-0.25, -0.2) is 4.39 Å². The molecule has 1 saturated heterocycles. The molecule has 0 aliphatic carbocycles. The van der Waals surface area contributed by atoms with Crippen molar-refractivity contribution in [2.24, 2.45) is 5.73 Å². The Bertz CT molecular complexity index is 493. The number of halogens is 1. The first-order chi connectivity index (χ1) is 8.99. The summed E-state index contributed by atoms with van der Waals surface area (Å²) in [6, 6.07) is 5.03. The Morgan fingerprint density at radius 1 is 1.42 bits per heavy atom. The molecule has 3 atom stereocenters. The van der Waals surface area contributed by atoms with E-state index in [9.17, 15) is 4.39 Å². The highest BCUT2D eigenvalue weighted by Gasteiger charge is 2.44. The van der Waals surface area contributed by atoms with Crippen molar-refractivity contribution in [3.05, 3.63) is 29.6 Å². The molecule has 1 aromatic rings. The van der Waals surface area contributed by atoms with Crippen LogP contribution in [0.2, 0.25) is 0 Å². The molecule has 3 rings (SSSR count). The second-order valence-corrected chi connectivity index (χ2v) is 6.06. The third-order valence-corrected chi connectivity index (χ3v) is 4.63. The van der Waals surface area contributed by atoms with Crippen LogP contribution in [0.3, 0.4) is 0 Å². The second-order valence-electron chi connectivity index (χ2n) is 6.06. The Kier molecular flexibility index (Phi) is 3.02. The first kappa shape index (κ1) is 12.9. The van der Waals surface area contributed by atoms with Crippen molar-refractivity contribution in [3.8, 4) is 5.75 Å². The van der Waals surface area contributed by atoms with E-state index in [1.165, 1.54) is 12.1 Å². The zero-order valence-electron chi connectivity index (χ0n) is 11.5. The fourth-order valence-corrected chi connectivity index (χ4v) is 3.36. The zero-order chi connectivity index (χ0) is 13.6. The van der Waals surface area contributed by atoms with Gasteiger partial charge in [-0.05, 0) is 38.6 Å². The summed E-state index contributed by atoms with van der Waals surface area (Å²) in [6.45, 7) is 3.24. The summed E-state index contributed by atoms with van der Waals surface area (Å²) >= 11 is 0. The van der Waals surface area contributed by atoms with E-state index in [1.807, 2.05) is 0 Å². The molecule has 3 nitrogen and oxygen atoms in total. The lowest BCUT2D eigenvalue weighted by atomic mass is 9.78.